The maximum atomic E-state index is 10.9. The summed E-state index contributed by atoms with van der Waals surface area (Å²) < 4.78 is 26.5. The van der Waals surface area contributed by atoms with Crippen molar-refractivity contribution in [3.8, 4) is 0 Å². The molecule has 1 fully saturated rings. The molecule has 1 atom stereocenters. The van der Waals surface area contributed by atoms with Crippen molar-refractivity contribution >= 4 is 15.2 Å². The van der Waals surface area contributed by atoms with E-state index in [9.17, 15) is 28.7 Å². The van der Waals surface area contributed by atoms with Crippen LogP contribution in [0, 0.1) is 0 Å². The van der Waals surface area contributed by atoms with Gasteiger partial charge in [-0.05, 0) is 6.16 Å². The van der Waals surface area contributed by atoms with Crippen LogP contribution >= 0.6 is 15.2 Å². The van der Waals surface area contributed by atoms with E-state index in [0.29, 0.717) is 26.3 Å². The van der Waals surface area contributed by atoms with Crippen LogP contribution in [0.3, 0.4) is 0 Å². The van der Waals surface area contributed by atoms with E-state index in [4.69, 9.17) is 4.74 Å². The summed E-state index contributed by atoms with van der Waals surface area (Å²) in [5.74, 6) is 0. The lowest BCUT2D eigenvalue weighted by molar-refractivity contribution is -0.907. The smallest absolute Gasteiger partial charge is 0.101 e. The Hall–Kier alpha value is 0.220. The van der Waals surface area contributed by atoms with Crippen LogP contribution in [0.5, 0.6) is 0 Å². The molecule has 0 spiro atoms. The van der Waals surface area contributed by atoms with Gasteiger partial charge in [0.15, 0.2) is 0 Å². The third-order valence-corrected chi connectivity index (χ3v) is 5.04. The van der Waals surface area contributed by atoms with E-state index in [1.54, 1.807) is 0 Å². The lowest BCUT2D eigenvalue weighted by atomic mass is 10.3. The van der Waals surface area contributed by atoms with E-state index in [2.05, 4.69) is 0 Å². The maximum absolute atomic E-state index is 10.9. The fourth-order valence-electron chi connectivity index (χ4n) is 1.73. The molecule has 1 heterocycles. The highest BCUT2D eigenvalue weighted by Crippen LogP contribution is 2.38. The van der Waals surface area contributed by atoms with Crippen molar-refractivity contribution in [2.24, 2.45) is 0 Å². The van der Waals surface area contributed by atoms with Crippen molar-refractivity contribution in [2.75, 3.05) is 39.0 Å². The summed E-state index contributed by atoms with van der Waals surface area (Å²) in [7, 11) is -10.1. The van der Waals surface area contributed by atoms with Gasteiger partial charge in [-0.25, -0.2) is 0 Å². The van der Waals surface area contributed by atoms with Gasteiger partial charge in [0.1, 0.15) is 13.1 Å². The largest absolute Gasteiger partial charge is 0.811 e. The number of morpholine rings is 1. The van der Waals surface area contributed by atoms with Crippen molar-refractivity contribution in [1.29, 1.82) is 0 Å². The van der Waals surface area contributed by atoms with Gasteiger partial charge in [0.2, 0.25) is 0 Å². The topological polar surface area (TPSA) is 140 Å². The summed E-state index contributed by atoms with van der Waals surface area (Å²) in [5.41, 5.74) is -1.64. The molecule has 1 rings (SSSR count). The van der Waals surface area contributed by atoms with Crippen molar-refractivity contribution in [2.45, 2.75) is 5.66 Å². The van der Waals surface area contributed by atoms with Crippen LogP contribution in [-0.4, -0.2) is 44.7 Å². The van der Waals surface area contributed by atoms with E-state index in [1.807, 2.05) is 0 Å². The Morgan fingerprint density at radius 1 is 1.12 bits per heavy atom. The third kappa shape index (κ3) is 6.08. The van der Waals surface area contributed by atoms with E-state index in [-0.39, 0.29) is 6.54 Å². The molecule has 0 saturated carbocycles. The predicted molar refractivity (Wildman–Crippen MR) is 50.3 cm³/mol. The number of hydrogen-bond acceptors (Lipinski definition) is 7. The molecule has 10 heteroatoms. The highest BCUT2D eigenvalue weighted by Gasteiger charge is 2.23. The van der Waals surface area contributed by atoms with E-state index in [0.717, 1.165) is 4.90 Å². The average molecular weight is 286 g/mol. The van der Waals surface area contributed by atoms with E-state index >= 15 is 0 Å². The zero-order chi connectivity index (χ0) is 13.1. The molecule has 0 aromatic rings. The van der Waals surface area contributed by atoms with Gasteiger partial charge in [-0.2, -0.15) is 0 Å². The highest BCUT2D eigenvalue weighted by molar-refractivity contribution is 7.53. The predicted octanol–water partition coefficient (Wildman–Crippen LogP) is -4.90. The number of hydrogen-bond donors (Lipinski definition) is 1. The zero-order valence-electron chi connectivity index (χ0n) is 9.07. The lowest BCUT2D eigenvalue weighted by Crippen LogP contribution is -3.15. The molecule has 102 valence electrons. The Balaban J connectivity index is 2.63. The second kappa shape index (κ2) is 5.91. The first-order valence-corrected chi connectivity index (χ1v) is 8.46. The first-order valence-electron chi connectivity index (χ1n) is 5.12. The molecule has 0 amide bonds. The fourth-order valence-corrected chi connectivity index (χ4v) is 4.26. The summed E-state index contributed by atoms with van der Waals surface area (Å²) in [6, 6.07) is 0. The summed E-state index contributed by atoms with van der Waals surface area (Å²) in [6.45, 7) is 1.70. The number of quaternary nitrogens is 1. The number of nitrogens with one attached hydrogen (secondary N) is 1. The molecule has 0 aliphatic carbocycles. The molecule has 0 unspecified atom stereocenters. The van der Waals surface area contributed by atoms with Crippen LogP contribution in [0.2, 0.25) is 0 Å². The SMILES string of the molecule is O=P([O-])([O-])C[C@@H](C[NH+]1CCOCC1)P(=O)([O-])[O-]. The zero-order valence-corrected chi connectivity index (χ0v) is 10.9. The average Bonchev–Trinajstić information content (AvgIpc) is 2.15. The Morgan fingerprint density at radius 2 is 1.65 bits per heavy atom. The molecule has 0 bridgehead atoms. The van der Waals surface area contributed by atoms with Gasteiger partial charge in [-0.3, -0.25) is 0 Å². The summed E-state index contributed by atoms with van der Waals surface area (Å²) in [5, 5.41) is 0. The molecule has 8 nitrogen and oxygen atoms in total. The minimum absolute atomic E-state index is 0.151. The Kier molecular flexibility index (Phi) is 5.31. The van der Waals surface area contributed by atoms with Crippen LogP contribution < -0.4 is 24.5 Å². The third-order valence-electron chi connectivity index (χ3n) is 2.61. The molecule has 1 N–H and O–H groups in total. The van der Waals surface area contributed by atoms with Gasteiger partial charge in [0, 0.05) is 5.66 Å². The van der Waals surface area contributed by atoms with Crippen LogP contribution in [-0.2, 0) is 13.9 Å². The van der Waals surface area contributed by atoms with Crippen molar-refractivity contribution in [3.63, 3.8) is 0 Å². The second-order valence-corrected chi connectivity index (χ2v) is 7.45. The highest BCUT2D eigenvalue weighted by atomic mass is 31.2. The minimum Gasteiger partial charge on any atom is -0.811 e. The van der Waals surface area contributed by atoms with Crippen molar-refractivity contribution < 1.29 is 38.3 Å². The van der Waals surface area contributed by atoms with E-state index < -0.39 is 27.0 Å². The van der Waals surface area contributed by atoms with Crippen molar-refractivity contribution in [3.05, 3.63) is 0 Å². The van der Waals surface area contributed by atoms with Gasteiger partial charge in [0.05, 0.1) is 19.8 Å². The Bertz CT molecular complexity index is 331. The molecule has 0 aromatic heterocycles. The number of rotatable bonds is 5. The summed E-state index contributed by atoms with van der Waals surface area (Å²) in [4.78, 5) is 43.7. The summed E-state index contributed by atoms with van der Waals surface area (Å²) in [6.07, 6.45) is -1.12. The van der Waals surface area contributed by atoms with Crippen LogP contribution in [0.15, 0.2) is 0 Å². The molecule has 0 radical (unpaired) electrons. The Labute approximate surface area is 98.9 Å². The van der Waals surface area contributed by atoms with Crippen LogP contribution in [0.1, 0.15) is 0 Å². The molecular formula is C7H14NO7P2-3. The standard InChI is InChI=1S/C7H17NO7P2/c9-16(10,11)6-7(17(12,13)14)5-8-1-3-15-4-2-8/h7H,1-6H2,(H2,9,10,11)(H2,12,13,14)/p-3/t7-/m1/s1. The molecular weight excluding hydrogens is 272 g/mol. The van der Waals surface area contributed by atoms with Gasteiger partial charge in [-0.1, -0.05) is 15.2 Å². The quantitative estimate of drug-likeness (QED) is 0.499. The minimum atomic E-state index is -5.07. The second-order valence-electron chi connectivity index (χ2n) is 4.05. The normalized spacial score (nSPS) is 21.4. The molecule has 1 aliphatic rings. The molecule has 0 aromatic carbocycles. The fraction of sp³-hybridized carbons (Fsp3) is 1.00. The first-order chi connectivity index (χ1) is 7.68. The van der Waals surface area contributed by atoms with Crippen LogP contribution in [0.4, 0.5) is 0 Å². The number of ether oxygens (including phenoxy) is 1. The maximum Gasteiger partial charge on any atom is 0.101 e. The first kappa shape index (κ1) is 15.3. The van der Waals surface area contributed by atoms with Gasteiger partial charge >= 0.3 is 0 Å². The molecule has 1 aliphatic heterocycles. The van der Waals surface area contributed by atoms with Gasteiger partial charge in [-0.15, -0.1) is 0 Å². The summed E-state index contributed by atoms with van der Waals surface area (Å²) >= 11 is 0. The van der Waals surface area contributed by atoms with Crippen molar-refractivity contribution in [1.82, 2.24) is 0 Å². The monoisotopic (exact) mass is 286 g/mol. The Morgan fingerprint density at radius 3 is 2.06 bits per heavy atom. The van der Waals surface area contributed by atoms with E-state index in [1.165, 1.54) is 0 Å². The van der Waals surface area contributed by atoms with Crippen LogP contribution in [0.25, 0.3) is 0 Å². The lowest BCUT2D eigenvalue weighted by Gasteiger charge is -2.44. The van der Waals surface area contributed by atoms with Gasteiger partial charge in [0.25, 0.3) is 0 Å². The molecule has 1 saturated heterocycles. The van der Waals surface area contributed by atoms with Gasteiger partial charge < -0.3 is 38.3 Å². The molecule has 17 heavy (non-hydrogen) atoms.